The van der Waals surface area contributed by atoms with Crippen molar-refractivity contribution in [3.8, 4) is 34.3 Å². The predicted octanol–water partition coefficient (Wildman–Crippen LogP) is 4.31. The van der Waals surface area contributed by atoms with E-state index >= 15 is 0 Å². The number of hydrogen-bond acceptors (Lipinski definition) is 8. The summed E-state index contributed by atoms with van der Waals surface area (Å²) in [5.41, 5.74) is 11.5. The number of imidazole rings is 2. The van der Waals surface area contributed by atoms with E-state index in [1.165, 1.54) is 50.6 Å². The molecule has 0 unspecified atom stereocenters. The Kier molecular flexibility index (Phi) is 8.36. The predicted molar refractivity (Wildman–Crippen MR) is 174 cm³/mol. The molecule has 0 saturated carbocycles. The number of carbonyl (C=O) groups excluding carboxylic acids is 2. The van der Waals surface area contributed by atoms with Crippen molar-refractivity contribution in [3.63, 3.8) is 0 Å². The number of nitrogens with zero attached hydrogens (tertiary/aromatic N) is 4. The Morgan fingerprint density at radius 3 is 1.34 bits per heavy atom. The van der Waals surface area contributed by atoms with Gasteiger partial charge in [-0.1, -0.05) is 0 Å². The lowest BCUT2D eigenvalue weighted by Gasteiger charge is -2.15. The van der Waals surface area contributed by atoms with Gasteiger partial charge in [0.15, 0.2) is 11.5 Å². The summed E-state index contributed by atoms with van der Waals surface area (Å²) in [6.45, 7) is -0.0490. The first-order valence-corrected chi connectivity index (χ1v) is 14.7. The van der Waals surface area contributed by atoms with Gasteiger partial charge in [0.1, 0.15) is 34.3 Å². The third-order valence-corrected chi connectivity index (χ3v) is 8.14. The minimum atomic E-state index is -1.43. The SMILES string of the molecule is COc1c(C(N)=O)ccc2c1nc(-c1ccc(F)cc1C(=O)O)n2CCn1c(-c2ccc(F)cc2C(=O)O)nc2c(OC)c(C(N)=O)ccc21. The van der Waals surface area contributed by atoms with Crippen molar-refractivity contribution in [2.24, 2.45) is 11.5 Å². The second-order valence-corrected chi connectivity index (χ2v) is 10.9. The van der Waals surface area contributed by atoms with Crippen LogP contribution < -0.4 is 20.9 Å². The maximum Gasteiger partial charge on any atom is 0.336 e. The summed E-state index contributed by atoms with van der Waals surface area (Å²) in [6, 6.07) is 12.3. The van der Waals surface area contributed by atoms with Crippen LogP contribution in [0.25, 0.3) is 44.8 Å². The molecule has 6 rings (SSSR count). The Balaban J connectivity index is 1.63. The maximum absolute atomic E-state index is 14.3. The molecule has 0 bridgehead atoms. The molecule has 4 aromatic carbocycles. The number of carbonyl (C=O) groups is 4. The zero-order valence-corrected chi connectivity index (χ0v) is 26.2. The van der Waals surface area contributed by atoms with E-state index < -0.39 is 46.5 Å². The minimum Gasteiger partial charge on any atom is -0.494 e. The first kappa shape index (κ1) is 33.1. The molecule has 0 aliphatic rings. The number of benzene rings is 4. The Labute approximate surface area is 280 Å². The topological polar surface area (TPSA) is 215 Å². The van der Waals surface area contributed by atoms with Gasteiger partial charge in [-0.3, -0.25) is 9.59 Å². The normalized spacial score (nSPS) is 11.2. The van der Waals surface area contributed by atoms with Gasteiger partial charge >= 0.3 is 11.9 Å². The highest BCUT2D eigenvalue weighted by atomic mass is 19.1. The van der Waals surface area contributed by atoms with Crippen molar-refractivity contribution in [1.29, 1.82) is 0 Å². The van der Waals surface area contributed by atoms with Crippen LogP contribution in [0.2, 0.25) is 0 Å². The lowest BCUT2D eigenvalue weighted by atomic mass is 10.1. The molecule has 50 heavy (non-hydrogen) atoms. The number of amides is 2. The van der Waals surface area contributed by atoms with Crippen LogP contribution in [-0.2, 0) is 13.1 Å². The second-order valence-electron chi connectivity index (χ2n) is 10.9. The van der Waals surface area contributed by atoms with Crippen molar-refractivity contribution in [1.82, 2.24) is 19.1 Å². The van der Waals surface area contributed by atoms with E-state index in [2.05, 4.69) is 9.97 Å². The first-order valence-electron chi connectivity index (χ1n) is 14.7. The number of aromatic nitrogens is 4. The van der Waals surface area contributed by atoms with Gasteiger partial charge in [-0.25, -0.2) is 28.3 Å². The zero-order valence-electron chi connectivity index (χ0n) is 26.2. The lowest BCUT2D eigenvalue weighted by Crippen LogP contribution is -2.14. The summed E-state index contributed by atoms with van der Waals surface area (Å²) in [5, 5.41) is 20.0. The van der Waals surface area contributed by atoms with Crippen LogP contribution in [-0.4, -0.2) is 67.3 Å². The highest BCUT2D eigenvalue weighted by molar-refractivity contribution is 6.04. The number of hydrogen-bond donors (Lipinski definition) is 4. The van der Waals surface area contributed by atoms with Crippen LogP contribution in [0.1, 0.15) is 41.4 Å². The summed E-state index contributed by atoms with van der Waals surface area (Å²) >= 11 is 0. The van der Waals surface area contributed by atoms with E-state index in [0.717, 1.165) is 24.3 Å². The van der Waals surface area contributed by atoms with Crippen LogP contribution in [0.3, 0.4) is 0 Å². The molecule has 0 saturated heterocycles. The van der Waals surface area contributed by atoms with E-state index in [4.69, 9.17) is 20.9 Å². The third kappa shape index (κ3) is 5.47. The molecule has 0 aliphatic carbocycles. The highest BCUT2D eigenvalue weighted by Crippen LogP contribution is 2.37. The van der Waals surface area contributed by atoms with Gasteiger partial charge in [0.2, 0.25) is 0 Å². The van der Waals surface area contributed by atoms with Gasteiger partial charge in [0.25, 0.3) is 11.8 Å². The van der Waals surface area contributed by atoms with Crippen molar-refractivity contribution >= 4 is 45.8 Å². The molecule has 0 radical (unpaired) electrons. The monoisotopic (exact) mass is 684 g/mol. The van der Waals surface area contributed by atoms with Gasteiger partial charge < -0.3 is 40.3 Å². The van der Waals surface area contributed by atoms with E-state index in [9.17, 15) is 38.2 Å². The van der Waals surface area contributed by atoms with Gasteiger partial charge in [-0.2, -0.15) is 0 Å². The largest absolute Gasteiger partial charge is 0.494 e. The summed E-state index contributed by atoms with van der Waals surface area (Å²) in [4.78, 5) is 58.3. The van der Waals surface area contributed by atoms with E-state index in [-0.39, 0.29) is 69.5 Å². The molecule has 14 nitrogen and oxygen atoms in total. The van der Waals surface area contributed by atoms with Gasteiger partial charge in [-0.05, 0) is 60.7 Å². The van der Waals surface area contributed by atoms with Crippen LogP contribution in [0, 0.1) is 11.6 Å². The number of ether oxygens (including phenoxy) is 2. The van der Waals surface area contributed by atoms with Crippen molar-refractivity contribution in [3.05, 3.63) is 94.6 Å². The average Bonchev–Trinajstić information content (AvgIpc) is 3.64. The van der Waals surface area contributed by atoms with Gasteiger partial charge in [0, 0.05) is 24.2 Å². The molecule has 2 heterocycles. The number of carboxylic acid groups (broad SMARTS) is 2. The molecular formula is C34H26F2N6O8. The molecule has 2 aromatic heterocycles. The number of primary amides is 2. The number of aryl methyl sites for hydroxylation is 2. The lowest BCUT2D eigenvalue weighted by molar-refractivity contribution is 0.0686. The molecule has 0 fully saturated rings. The fourth-order valence-corrected chi connectivity index (χ4v) is 5.98. The molecule has 0 atom stereocenters. The number of methoxy groups -OCH3 is 2. The summed E-state index contributed by atoms with van der Waals surface area (Å²) in [5.74, 6) is -5.91. The molecule has 254 valence electrons. The summed E-state index contributed by atoms with van der Waals surface area (Å²) in [7, 11) is 2.61. The van der Waals surface area contributed by atoms with Gasteiger partial charge in [-0.15, -0.1) is 0 Å². The standard InChI is InChI=1S/C34H26F2N6O8/c1-49-27-19(29(37)43)7-9-23-25(27)39-31(17-5-3-15(35)13-21(17)33(45)46)41(23)11-12-42-24-10-8-20(30(38)44)28(50-2)26(24)40-32(42)18-6-4-16(36)14-22(18)34(47)48/h3-10,13-14H,11-12H2,1-2H3,(H2,37,43)(H2,38,44)(H,45,46)(H,47,48). The van der Waals surface area contributed by atoms with Crippen molar-refractivity contribution in [2.45, 2.75) is 13.1 Å². The Bertz CT molecular complexity index is 2250. The van der Waals surface area contributed by atoms with E-state index in [1.54, 1.807) is 9.13 Å². The van der Waals surface area contributed by atoms with Gasteiger partial charge in [0.05, 0.1) is 47.5 Å². The quantitative estimate of drug-likeness (QED) is 0.152. The smallest absolute Gasteiger partial charge is 0.336 e. The molecule has 16 heteroatoms. The number of nitrogens with two attached hydrogens (primary N) is 2. The third-order valence-electron chi connectivity index (χ3n) is 8.14. The summed E-state index contributed by atoms with van der Waals surface area (Å²) in [6.07, 6.45) is 0. The zero-order chi connectivity index (χ0) is 36.0. The van der Waals surface area contributed by atoms with Crippen LogP contribution >= 0.6 is 0 Å². The number of aromatic carboxylic acids is 2. The first-order chi connectivity index (χ1) is 23.9. The highest BCUT2D eigenvalue weighted by Gasteiger charge is 2.27. The van der Waals surface area contributed by atoms with Crippen LogP contribution in [0.4, 0.5) is 8.78 Å². The molecular weight excluding hydrogens is 658 g/mol. The minimum absolute atomic E-state index is 0.00603. The second kappa shape index (κ2) is 12.6. The number of rotatable bonds is 11. The van der Waals surface area contributed by atoms with Crippen LogP contribution in [0.15, 0.2) is 60.7 Å². The van der Waals surface area contributed by atoms with Crippen molar-refractivity contribution in [2.75, 3.05) is 14.2 Å². The van der Waals surface area contributed by atoms with Crippen LogP contribution in [0.5, 0.6) is 11.5 Å². The van der Waals surface area contributed by atoms with E-state index in [0.29, 0.717) is 11.0 Å². The molecule has 0 aliphatic heterocycles. The Morgan fingerprint density at radius 1 is 0.640 bits per heavy atom. The number of fused-ring (bicyclic) bond motifs is 2. The summed E-state index contributed by atoms with van der Waals surface area (Å²) < 4.78 is 42.7. The maximum atomic E-state index is 14.3. The molecule has 0 spiro atoms. The Morgan fingerprint density at radius 2 is 1.02 bits per heavy atom. The average molecular weight is 685 g/mol. The Hall–Kier alpha value is -6.84. The van der Waals surface area contributed by atoms with Crippen molar-refractivity contribution < 1.29 is 47.6 Å². The number of carboxylic acids is 2. The fourth-order valence-electron chi connectivity index (χ4n) is 5.98. The fraction of sp³-hybridized carbons (Fsp3) is 0.118. The number of halogens is 2. The molecule has 2 amide bonds. The van der Waals surface area contributed by atoms with E-state index in [1.807, 2.05) is 0 Å². The molecule has 6 aromatic rings. The molecule has 6 N–H and O–H groups in total.